The highest BCUT2D eigenvalue weighted by atomic mass is 16.2. The summed E-state index contributed by atoms with van der Waals surface area (Å²) in [5.41, 5.74) is 5.47. The first-order valence-electron chi connectivity index (χ1n) is 10.3. The van der Waals surface area contributed by atoms with Crippen LogP contribution in [0.1, 0.15) is 58.6 Å². The molecule has 29 heavy (non-hydrogen) atoms. The Bertz CT molecular complexity index is 902. The minimum atomic E-state index is -0.137. The number of hydrogen-bond donors (Lipinski definition) is 2. The molecular weight excluding hydrogens is 364 g/mol. The van der Waals surface area contributed by atoms with Crippen molar-refractivity contribution in [2.24, 2.45) is 0 Å². The van der Waals surface area contributed by atoms with Crippen molar-refractivity contribution in [3.8, 4) is 0 Å². The second kappa shape index (κ2) is 9.07. The quantitative estimate of drug-likeness (QED) is 0.817. The van der Waals surface area contributed by atoms with E-state index in [-0.39, 0.29) is 17.9 Å². The van der Waals surface area contributed by atoms with E-state index in [4.69, 9.17) is 4.98 Å². The van der Waals surface area contributed by atoms with Crippen molar-refractivity contribution < 1.29 is 9.59 Å². The van der Waals surface area contributed by atoms with Crippen LogP contribution in [-0.2, 0) is 0 Å². The molecule has 3 amide bonds. The molecule has 0 radical (unpaired) electrons. The van der Waals surface area contributed by atoms with Gasteiger partial charge in [-0.15, -0.1) is 0 Å². The van der Waals surface area contributed by atoms with Crippen LogP contribution in [0, 0.1) is 20.8 Å². The number of aryl methyl sites for hydroxylation is 3. The van der Waals surface area contributed by atoms with Gasteiger partial charge in [0, 0.05) is 36.9 Å². The largest absolute Gasteiger partial charge is 0.338 e. The number of pyridine rings is 1. The summed E-state index contributed by atoms with van der Waals surface area (Å²) in [7, 11) is 0. The van der Waals surface area contributed by atoms with Crippen LogP contribution in [0.25, 0.3) is 0 Å². The summed E-state index contributed by atoms with van der Waals surface area (Å²) in [4.78, 5) is 31.6. The second-order valence-electron chi connectivity index (χ2n) is 7.74. The first-order chi connectivity index (χ1) is 13.9. The Morgan fingerprint density at radius 2 is 1.79 bits per heavy atom. The number of urea groups is 1. The van der Waals surface area contributed by atoms with Crippen molar-refractivity contribution in [3.63, 3.8) is 0 Å². The SMILES string of the molecule is CCNC(=O)N1CCC(c2nc(C)ccc2C(=O)Nc2ccc(C)c(C)c2)CC1. The molecule has 0 spiro atoms. The molecule has 6 nitrogen and oxygen atoms in total. The third-order valence-corrected chi connectivity index (χ3v) is 5.57. The van der Waals surface area contributed by atoms with Crippen molar-refractivity contribution in [2.75, 3.05) is 25.0 Å². The zero-order valence-electron chi connectivity index (χ0n) is 17.7. The summed E-state index contributed by atoms with van der Waals surface area (Å²) >= 11 is 0. The molecule has 0 saturated carbocycles. The number of carbonyl (C=O) groups excluding carboxylic acids is 2. The average Bonchev–Trinajstić information content (AvgIpc) is 2.71. The summed E-state index contributed by atoms with van der Waals surface area (Å²) in [6, 6.07) is 9.64. The maximum atomic E-state index is 13.0. The number of aromatic nitrogens is 1. The molecule has 1 fully saturated rings. The number of carbonyl (C=O) groups is 2. The highest BCUT2D eigenvalue weighted by Crippen LogP contribution is 2.30. The molecule has 1 aromatic carbocycles. The summed E-state index contributed by atoms with van der Waals surface area (Å²) in [5, 5.41) is 5.87. The van der Waals surface area contributed by atoms with Gasteiger partial charge in [0.25, 0.3) is 5.91 Å². The van der Waals surface area contributed by atoms with Crippen LogP contribution in [0.2, 0.25) is 0 Å². The molecule has 0 atom stereocenters. The van der Waals surface area contributed by atoms with Gasteiger partial charge in [-0.05, 0) is 75.9 Å². The molecule has 1 aromatic heterocycles. The zero-order valence-corrected chi connectivity index (χ0v) is 17.7. The number of benzene rings is 1. The molecule has 1 saturated heterocycles. The van der Waals surface area contributed by atoms with Crippen LogP contribution in [0.15, 0.2) is 30.3 Å². The van der Waals surface area contributed by atoms with E-state index < -0.39 is 0 Å². The van der Waals surface area contributed by atoms with E-state index in [0.29, 0.717) is 25.2 Å². The maximum Gasteiger partial charge on any atom is 0.317 e. The average molecular weight is 395 g/mol. The zero-order chi connectivity index (χ0) is 21.0. The normalized spacial score (nSPS) is 14.6. The Morgan fingerprint density at radius 3 is 2.45 bits per heavy atom. The number of piperidine rings is 1. The van der Waals surface area contributed by atoms with Gasteiger partial charge >= 0.3 is 6.03 Å². The highest BCUT2D eigenvalue weighted by Gasteiger charge is 2.27. The number of nitrogens with one attached hydrogen (secondary N) is 2. The fraction of sp³-hybridized carbons (Fsp3) is 0.435. The van der Waals surface area contributed by atoms with Gasteiger partial charge in [-0.25, -0.2) is 4.79 Å². The number of anilines is 1. The lowest BCUT2D eigenvalue weighted by Crippen LogP contribution is -2.44. The summed E-state index contributed by atoms with van der Waals surface area (Å²) in [5.74, 6) is 0.0305. The van der Waals surface area contributed by atoms with Gasteiger partial charge in [0.2, 0.25) is 0 Å². The maximum absolute atomic E-state index is 13.0. The van der Waals surface area contributed by atoms with E-state index in [1.165, 1.54) is 5.56 Å². The molecule has 2 N–H and O–H groups in total. The van der Waals surface area contributed by atoms with E-state index in [9.17, 15) is 9.59 Å². The Kier molecular flexibility index (Phi) is 6.52. The minimum Gasteiger partial charge on any atom is -0.338 e. The summed E-state index contributed by atoms with van der Waals surface area (Å²) in [6.45, 7) is 9.91. The fourth-order valence-electron chi connectivity index (χ4n) is 3.72. The second-order valence-corrected chi connectivity index (χ2v) is 7.74. The number of likely N-dealkylation sites (tertiary alicyclic amines) is 1. The predicted octanol–water partition coefficient (Wildman–Crippen LogP) is 4.17. The smallest absolute Gasteiger partial charge is 0.317 e. The van der Waals surface area contributed by atoms with E-state index >= 15 is 0 Å². The van der Waals surface area contributed by atoms with Gasteiger partial charge in [-0.2, -0.15) is 0 Å². The van der Waals surface area contributed by atoms with Crippen molar-refractivity contribution in [3.05, 3.63) is 58.4 Å². The van der Waals surface area contributed by atoms with Gasteiger partial charge in [0.15, 0.2) is 0 Å². The summed E-state index contributed by atoms with van der Waals surface area (Å²) in [6.07, 6.45) is 1.61. The van der Waals surface area contributed by atoms with Gasteiger partial charge in [-0.1, -0.05) is 6.07 Å². The molecule has 0 bridgehead atoms. The molecule has 6 heteroatoms. The van der Waals surface area contributed by atoms with Crippen molar-refractivity contribution in [2.45, 2.75) is 46.5 Å². The van der Waals surface area contributed by atoms with E-state index in [1.807, 2.05) is 56.0 Å². The van der Waals surface area contributed by atoms with Gasteiger partial charge in [-0.3, -0.25) is 9.78 Å². The standard InChI is InChI=1S/C23H30N4O2/c1-5-24-23(29)27-12-10-18(11-13-27)21-20(9-7-17(4)25-21)22(28)26-19-8-6-15(2)16(3)14-19/h6-9,14,18H,5,10-13H2,1-4H3,(H,24,29)(H,26,28). The molecule has 0 aliphatic carbocycles. The number of nitrogens with zero attached hydrogens (tertiary/aromatic N) is 2. The van der Waals surface area contributed by atoms with Crippen LogP contribution < -0.4 is 10.6 Å². The molecule has 0 unspecified atom stereocenters. The lowest BCUT2D eigenvalue weighted by atomic mass is 9.90. The topological polar surface area (TPSA) is 74.3 Å². The molecule has 2 heterocycles. The number of amides is 3. The van der Waals surface area contributed by atoms with Gasteiger partial charge < -0.3 is 15.5 Å². The molecule has 3 rings (SSSR count). The molecule has 1 aliphatic heterocycles. The Balaban J connectivity index is 1.77. The van der Waals surface area contributed by atoms with Crippen molar-refractivity contribution in [1.82, 2.24) is 15.2 Å². The van der Waals surface area contributed by atoms with E-state index in [1.54, 1.807) is 0 Å². The summed E-state index contributed by atoms with van der Waals surface area (Å²) < 4.78 is 0. The predicted molar refractivity (Wildman–Crippen MR) is 115 cm³/mol. The van der Waals surface area contributed by atoms with E-state index in [2.05, 4.69) is 17.6 Å². The Morgan fingerprint density at radius 1 is 1.07 bits per heavy atom. The molecule has 1 aliphatic rings. The van der Waals surface area contributed by atoms with Crippen LogP contribution in [0.4, 0.5) is 10.5 Å². The highest BCUT2D eigenvalue weighted by molar-refractivity contribution is 6.05. The number of rotatable bonds is 4. The lowest BCUT2D eigenvalue weighted by Gasteiger charge is -2.32. The van der Waals surface area contributed by atoms with Crippen LogP contribution in [-0.4, -0.2) is 41.5 Å². The molecule has 154 valence electrons. The number of hydrogen-bond acceptors (Lipinski definition) is 3. The third kappa shape index (κ3) is 4.94. The van der Waals surface area contributed by atoms with E-state index in [0.717, 1.165) is 35.5 Å². The molecule has 2 aromatic rings. The third-order valence-electron chi connectivity index (χ3n) is 5.57. The van der Waals surface area contributed by atoms with Gasteiger partial charge in [0.05, 0.1) is 11.3 Å². The van der Waals surface area contributed by atoms with Crippen LogP contribution >= 0.6 is 0 Å². The lowest BCUT2D eigenvalue weighted by molar-refractivity contribution is 0.102. The van der Waals surface area contributed by atoms with Crippen LogP contribution in [0.3, 0.4) is 0 Å². The molecular formula is C23H30N4O2. The van der Waals surface area contributed by atoms with Crippen molar-refractivity contribution >= 4 is 17.6 Å². The van der Waals surface area contributed by atoms with Crippen LogP contribution in [0.5, 0.6) is 0 Å². The first-order valence-corrected chi connectivity index (χ1v) is 10.3. The Labute approximate surface area is 172 Å². The minimum absolute atomic E-state index is 0.0177. The first kappa shape index (κ1) is 20.8. The van der Waals surface area contributed by atoms with Gasteiger partial charge in [0.1, 0.15) is 0 Å². The Hall–Kier alpha value is -2.89. The van der Waals surface area contributed by atoms with Crippen molar-refractivity contribution in [1.29, 1.82) is 0 Å². The monoisotopic (exact) mass is 394 g/mol. The fourth-order valence-corrected chi connectivity index (χ4v) is 3.72.